The number of furan rings is 1. The SMILES string of the molecule is O=c1nc(/C=C/c2ccc(-c3ccc([N+](=O)[O-])cc3Cl)o2)cc(C(F)(F)F)[nH]1. The predicted molar refractivity (Wildman–Crippen MR) is 94.6 cm³/mol. The average molecular weight is 412 g/mol. The van der Waals surface area contributed by atoms with Gasteiger partial charge in [0.25, 0.3) is 5.69 Å². The molecular weight excluding hydrogens is 403 g/mol. The summed E-state index contributed by atoms with van der Waals surface area (Å²) in [6.45, 7) is 0. The van der Waals surface area contributed by atoms with E-state index in [1.807, 2.05) is 0 Å². The molecule has 3 rings (SSSR count). The highest BCUT2D eigenvalue weighted by atomic mass is 35.5. The molecule has 0 radical (unpaired) electrons. The second kappa shape index (κ2) is 7.31. The number of hydrogen-bond acceptors (Lipinski definition) is 5. The summed E-state index contributed by atoms with van der Waals surface area (Å²) in [5.41, 5.74) is -2.33. The number of H-pyrrole nitrogens is 1. The van der Waals surface area contributed by atoms with E-state index in [1.54, 1.807) is 11.1 Å². The predicted octanol–water partition coefficient (Wildman–Crippen LogP) is 4.78. The summed E-state index contributed by atoms with van der Waals surface area (Å²) in [4.78, 5) is 26.5. The maximum Gasteiger partial charge on any atom is 0.431 e. The topological polar surface area (TPSA) is 102 Å². The Hall–Kier alpha value is -3.40. The van der Waals surface area contributed by atoms with Crippen molar-refractivity contribution in [2.24, 2.45) is 0 Å². The van der Waals surface area contributed by atoms with Gasteiger partial charge in [-0.3, -0.25) is 10.1 Å². The fourth-order valence-electron chi connectivity index (χ4n) is 2.29. The Morgan fingerprint density at radius 3 is 2.57 bits per heavy atom. The first-order chi connectivity index (χ1) is 13.1. The van der Waals surface area contributed by atoms with Crippen molar-refractivity contribution < 1.29 is 22.5 Å². The molecule has 0 saturated carbocycles. The lowest BCUT2D eigenvalue weighted by Gasteiger charge is -2.05. The van der Waals surface area contributed by atoms with Gasteiger partial charge < -0.3 is 9.40 Å². The molecular formula is C17H9ClF3N3O4. The summed E-state index contributed by atoms with van der Waals surface area (Å²) in [6, 6.07) is 7.60. The summed E-state index contributed by atoms with van der Waals surface area (Å²) in [7, 11) is 0. The van der Waals surface area contributed by atoms with Crippen molar-refractivity contribution in [3.63, 3.8) is 0 Å². The van der Waals surface area contributed by atoms with Crippen LogP contribution in [0.5, 0.6) is 0 Å². The molecule has 7 nitrogen and oxygen atoms in total. The molecule has 0 aliphatic carbocycles. The van der Waals surface area contributed by atoms with Gasteiger partial charge in [-0.1, -0.05) is 11.6 Å². The van der Waals surface area contributed by atoms with Gasteiger partial charge in [0.2, 0.25) is 0 Å². The van der Waals surface area contributed by atoms with Crippen molar-refractivity contribution in [2.45, 2.75) is 6.18 Å². The van der Waals surface area contributed by atoms with Crippen LogP contribution in [0.2, 0.25) is 5.02 Å². The number of nitrogens with one attached hydrogen (secondary N) is 1. The molecule has 0 amide bonds. The number of aromatic amines is 1. The molecule has 2 aromatic heterocycles. The summed E-state index contributed by atoms with van der Waals surface area (Å²) in [5, 5.41) is 10.9. The minimum atomic E-state index is -4.71. The van der Waals surface area contributed by atoms with E-state index in [1.165, 1.54) is 36.4 Å². The van der Waals surface area contributed by atoms with Gasteiger partial charge in [0.15, 0.2) is 0 Å². The third kappa shape index (κ3) is 4.29. The van der Waals surface area contributed by atoms with E-state index in [9.17, 15) is 28.1 Å². The molecule has 3 aromatic rings. The van der Waals surface area contributed by atoms with Crippen LogP contribution in [0.3, 0.4) is 0 Å². The second-order valence-corrected chi connectivity index (χ2v) is 5.89. The van der Waals surface area contributed by atoms with Crippen molar-refractivity contribution >= 4 is 29.4 Å². The molecule has 0 spiro atoms. The van der Waals surface area contributed by atoms with Crippen LogP contribution in [0.15, 0.2) is 45.6 Å². The zero-order valence-corrected chi connectivity index (χ0v) is 14.4. The number of alkyl halides is 3. The lowest BCUT2D eigenvalue weighted by atomic mass is 10.1. The first-order valence-corrected chi connectivity index (χ1v) is 7.92. The Morgan fingerprint density at radius 2 is 1.93 bits per heavy atom. The molecule has 28 heavy (non-hydrogen) atoms. The van der Waals surface area contributed by atoms with Crippen molar-refractivity contribution in [3.8, 4) is 11.3 Å². The fraction of sp³-hybridized carbons (Fsp3) is 0.0588. The van der Waals surface area contributed by atoms with E-state index < -0.39 is 22.5 Å². The van der Waals surface area contributed by atoms with Crippen LogP contribution in [-0.2, 0) is 6.18 Å². The van der Waals surface area contributed by atoms with Gasteiger partial charge in [0.05, 0.1) is 15.6 Å². The van der Waals surface area contributed by atoms with E-state index in [0.717, 1.165) is 0 Å². The highest BCUT2D eigenvalue weighted by Crippen LogP contribution is 2.32. The van der Waals surface area contributed by atoms with E-state index in [-0.39, 0.29) is 22.2 Å². The number of benzene rings is 1. The molecule has 1 aromatic carbocycles. The highest BCUT2D eigenvalue weighted by molar-refractivity contribution is 6.33. The summed E-state index contributed by atoms with van der Waals surface area (Å²) in [6.07, 6.45) is -2.20. The summed E-state index contributed by atoms with van der Waals surface area (Å²) in [5.74, 6) is 0.550. The Balaban J connectivity index is 1.87. The minimum Gasteiger partial charge on any atom is -0.457 e. The number of aromatic nitrogens is 2. The van der Waals surface area contributed by atoms with E-state index in [4.69, 9.17) is 16.0 Å². The summed E-state index contributed by atoms with van der Waals surface area (Å²) >= 11 is 6.03. The maximum absolute atomic E-state index is 12.7. The van der Waals surface area contributed by atoms with Crippen LogP contribution in [-0.4, -0.2) is 14.9 Å². The quantitative estimate of drug-likeness (QED) is 0.491. The molecule has 0 saturated heterocycles. The third-order valence-corrected chi connectivity index (χ3v) is 3.86. The van der Waals surface area contributed by atoms with Crippen molar-refractivity contribution in [2.75, 3.05) is 0 Å². The van der Waals surface area contributed by atoms with Gasteiger partial charge in [-0.25, -0.2) is 4.79 Å². The molecule has 0 aliphatic rings. The van der Waals surface area contributed by atoms with Crippen molar-refractivity contribution in [1.82, 2.24) is 9.97 Å². The molecule has 144 valence electrons. The first-order valence-electron chi connectivity index (χ1n) is 7.54. The number of nitro benzene ring substituents is 1. The van der Waals surface area contributed by atoms with Crippen molar-refractivity contribution in [3.05, 3.63) is 79.2 Å². The van der Waals surface area contributed by atoms with E-state index in [2.05, 4.69) is 4.98 Å². The molecule has 0 bridgehead atoms. The number of non-ortho nitro benzene ring substituents is 1. The monoisotopic (exact) mass is 411 g/mol. The number of hydrogen-bond donors (Lipinski definition) is 1. The largest absolute Gasteiger partial charge is 0.457 e. The van der Waals surface area contributed by atoms with E-state index >= 15 is 0 Å². The maximum atomic E-state index is 12.7. The zero-order chi connectivity index (χ0) is 20.5. The first kappa shape index (κ1) is 19.4. The molecule has 0 fully saturated rings. The van der Waals surface area contributed by atoms with Gasteiger partial charge in [-0.2, -0.15) is 18.2 Å². The van der Waals surface area contributed by atoms with Crippen LogP contribution in [0.25, 0.3) is 23.5 Å². The molecule has 1 N–H and O–H groups in total. The Morgan fingerprint density at radius 1 is 1.18 bits per heavy atom. The van der Waals surface area contributed by atoms with Gasteiger partial charge >= 0.3 is 11.9 Å². The van der Waals surface area contributed by atoms with Crippen LogP contribution in [0, 0.1) is 10.1 Å². The Kier molecular flexibility index (Phi) is 5.06. The second-order valence-electron chi connectivity index (χ2n) is 5.48. The summed E-state index contributed by atoms with van der Waals surface area (Å²) < 4.78 is 43.7. The highest BCUT2D eigenvalue weighted by Gasteiger charge is 2.32. The Bertz CT molecular complexity index is 1140. The normalized spacial score (nSPS) is 11.9. The molecule has 0 aliphatic heterocycles. The third-order valence-electron chi connectivity index (χ3n) is 3.54. The van der Waals surface area contributed by atoms with Gasteiger partial charge in [-0.15, -0.1) is 0 Å². The number of halogens is 4. The molecule has 0 unspecified atom stereocenters. The smallest absolute Gasteiger partial charge is 0.431 e. The van der Waals surface area contributed by atoms with Gasteiger partial charge in [0, 0.05) is 17.7 Å². The number of nitro groups is 1. The molecule has 2 heterocycles. The van der Waals surface area contributed by atoms with Crippen LogP contribution < -0.4 is 5.69 Å². The fourth-order valence-corrected chi connectivity index (χ4v) is 2.55. The van der Waals surface area contributed by atoms with Crippen molar-refractivity contribution in [1.29, 1.82) is 0 Å². The molecule has 11 heteroatoms. The van der Waals surface area contributed by atoms with Crippen LogP contribution >= 0.6 is 11.6 Å². The Labute approximate surface area is 159 Å². The van der Waals surface area contributed by atoms with Gasteiger partial charge in [0.1, 0.15) is 17.2 Å². The van der Waals surface area contributed by atoms with E-state index in [0.29, 0.717) is 17.4 Å². The number of nitrogens with zero attached hydrogens (tertiary/aromatic N) is 2. The standard InChI is InChI=1S/C17H9ClF3N3O4/c18-13-8-10(24(26)27)2-5-12(13)14-6-4-11(28-14)3-1-9-7-15(17(19,20)21)23-16(25)22-9/h1-8H,(H,22,23,25)/b3-1+. The van der Waals surface area contributed by atoms with Crippen LogP contribution in [0.1, 0.15) is 17.1 Å². The average Bonchev–Trinajstić information content (AvgIpc) is 3.07. The lowest BCUT2D eigenvalue weighted by molar-refractivity contribution is -0.384. The van der Waals surface area contributed by atoms with Gasteiger partial charge in [-0.05, 0) is 36.4 Å². The molecule has 0 atom stereocenters. The van der Waals surface area contributed by atoms with Crippen LogP contribution in [0.4, 0.5) is 18.9 Å². The number of rotatable bonds is 4. The zero-order valence-electron chi connectivity index (χ0n) is 13.7. The minimum absolute atomic E-state index is 0.102. The lowest BCUT2D eigenvalue weighted by Crippen LogP contribution is -2.19.